The summed E-state index contributed by atoms with van der Waals surface area (Å²) < 4.78 is 0. The first kappa shape index (κ1) is 8.36. The van der Waals surface area contributed by atoms with Crippen LogP contribution in [-0.4, -0.2) is 26.6 Å². The summed E-state index contributed by atoms with van der Waals surface area (Å²) in [7, 11) is 0. The highest BCUT2D eigenvalue weighted by molar-refractivity contribution is 5.76. The number of anilines is 1. The molecule has 1 aromatic heterocycles. The van der Waals surface area contributed by atoms with Crippen molar-refractivity contribution in [3.05, 3.63) is 30.6 Å². The van der Waals surface area contributed by atoms with E-state index in [0.717, 1.165) is 0 Å². The predicted octanol–water partition coefficient (Wildman–Crippen LogP) is 0.231. The minimum Gasteiger partial charge on any atom is -0.327 e. The van der Waals surface area contributed by atoms with Gasteiger partial charge in [-0.1, -0.05) is 12.1 Å². The van der Waals surface area contributed by atoms with Crippen LogP contribution in [0.2, 0.25) is 0 Å². The molecule has 0 aliphatic rings. The Morgan fingerprint density at radius 3 is 2.93 bits per heavy atom. The molecule has 2 aromatic rings. The molecule has 1 aromatic carbocycles. The van der Waals surface area contributed by atoms with E-state index in [4.69, 9.17) is 0 Å². The maximum atomic E-state index is 10.3. The van der Waals surface area contributed by atoms with Gasteiger partial charge in [-0.25, -0.2) is 0 Å². The first-order valence-corrected chi connectivity index (χ1v) is 3.94. The number of nitrogens with zero attached hydrogens (tertiary/aromatic N) is 4. The molecule has 0 unspecified atom stereocenters. The Bertz CT molecular complexity index is 425. The van der Waals surface area contributed by atoms with E-state index in [2.05, 4.69) is 20.7 Å². The highest BCUT2D eigenvalue weighted by Gasteiger charge is 2.03. The summed E-state index contributed by atoms with van der Waals surface area (Å²) >= 11 is 0. The first-order valence-electron chi connectivity index (χ1n) is 3.94. The lowest BCUT2D eigenvalue weighted by atomic mass is 10.3. The van der Waals surface area contributed by atoms with Crippen LogP contribution >= 0.6 is 0 Å². The Balaban J connectivity index is 2.46. The Kier molecular flexibility index (Phi) is 2.18. The number of carbonyl (C=O) groups is 1. The van der Waals surface area contributed by atoms with Crippen LogP contribution in [0.15, 0.2) is 30.6 Å². The fraction of sp³-hybridized carbons (Fsp3) is 0. The van der Waals surface area contributed by atoms with Crippen molar-refractivity contribution >= 4 is 12.1 Å². The number of rotatable bonds is 3. The lowest BCUT2D eigenvalue weighted by molar-refractivity contribution is -0.105. The van der Waals surface area contributed by atoms with E-state index in [-0.39, 0.29) is 0 Å². The molecule has 0 fully saturated rings. The Morgan fingerprint density at radius 2 is 2.21 bits per heavy atom. The topological polar surface area (TPSA) is 72.7 Å². The average Bonchev–Trinajstić information content (AvgIpc) is 2.72. The maximum Gasteiger partial charge on any atom is 0.211 e. The molecule has 2 rings (SSSR count). The second kappa shape index (κ2) is 3.65. The van der Waals surface area contributed by atoms with Crippen molar-refractivity contribution in [1.82, 2.24) is 20.2 Å². The van der Waals surface area contributed by atoms with Crippen molar-refractivity contribution in [2.75, 3.05) is 5.32 Å². The van der Waals surface area contributed by atoms with Crippen LogP contribution in [0.25, 0.3) is 5.69 Å². The quantitative estimate of drug-likeness (QED) is 0.701. The van der Waals surface area contributed by atoms with E-state index in [9.17, 15) is 4.79 Å². The van der Waals surface area contributed by atoms with Crippen LogP contribution in [-0.2, 0) is 4.79 Å². The minimum absolute atomic E-state index is 0.607. The monoisotopic (exact) mass is 189 g/mol. The number of amides is 1. The first-order chi connectivity index (χ1) is 6.92. The number of para-hydroxylation sites is 2. The summed E-state index contributed by atoms with van der Waals surface area (Å²) in [4.78, 5) is 11.7. The lowest BCUT2D eigenvalue weighted by Crippen LogP contribution is -2.04. The smallest absolute Gasteiger partial charge is 0.211 e. The maximum absolute atomic E-state index is 10.3. The van der Waals surface area contributed by atoms with Gasteiger partial charge in [-0.05, 0) is 17.3 Å². The molecule has 0 radical (unpaired) electrons. The Morgan fingerprint density at radius 1 is 1.36 bits per heavy atom. The van der Waals surface area contributed by atoms with Crippen LogP contribution in [0.5, 0.6) is 0 Å². The predicted molar refractivity (Wildman–Crippen MR) is 48.8 cm³/mol. The lowest BCUT2D eigenvalue weighted by Gasteiger charge is -2.04. The molecule has 0 bridgehead atoms. The molecule has 70 valence electrons. The second-order valence-corrected chi connectivity index (χ2v) is 2.50. The highest BCUT2D eigenvalue weighted by Crippen LogP contribution is 2.16. The van der Waals surface area contributed by atoms with Gasteiger partial charge in [-0.2, -0.15) is 0 Å². The van der Waals surface area contributed by atoms with Crippen molar-refractivity contribution in [2.45, 2.75) is 0 Å². The van der Waals surface area contributed by atoms with Gasteiger partial charge in [0, 0.05) is 0 Å². The molecule has 0 aliphatic heterocycles. The van der Waals surface area contributed by atoms with E-state index < -0.39 is 0 Å². The zero-order valence-electron chi connectivity index (χ0n) is 7.16. The molecular formula is C8H7N5O. The number of tetrazole rings is 1. The number of hydrogen-bond acceptors (Lipinski definition) is 4. The number of aromatic nitrogens is 4. The van der Waals surface area contributed by atoms with Gasteiger partial charge in [-0.3, -0.25) is 4.79 Å². The third kappa shape index (κ3) is 1.45. The van der Waals surface area contributed by atoms with Gasteiger partial charge >= 0.3 is 0 Å². The standard InChI is InChI=1S/C8H7N5O/c14-6-9-7-3-1-2-4-8(7)13-11-5-10-12-13/h1-6H,(H,9,14). The van der Waals surface area contributed by atoms with Crippen LogP contribution in [0.1, 0.15) is 0 Å². The SMILES string of the molecule is O=CNc1ccccc1-n1ncnn1. The summed E-state index contributed by atoms with van der Waals surface area (Å²) in [5.74, 6) is 0. The molecule has 14 heavy (non-hydrogen) atoms. The van der Waals surface area contributed by atoms with Gasteiger partial charge in [0.15, 0.2) is 6.33 Å². The third-order valence-corrected chi connectivity index (χ3v) is 1.68. The van der Waals surface area contributed by atoms with E-state index in [0.29, 0.717) is 17.8 Å². The van der Waals surface area contributed by atoms with Gasteiger partial charge in [0.2, 0.25) is 6.41 Å². The van der Waals surface area contributed by atoms with Crippen LogP contribution in [0.4, 0.5) is 5.69 Å². The molecule has 6 nitrogen and oxygen atoms in total. The van der Waals surface area contributed by atoms with Crippen LogP contribution in [0, 0.1) is 0 Å². The fourth-order valence-electron chi connectivity index (χ4n) is 1.11. The molecule has 0 saturated heterocycles. The molecule has 0 spiro atoms. The summed E-state index contributed by atoms with van der Waals surface area (Å²) in [6, 6.07) is 7.18. The molecule has 1 amide bonds. The van der Waals surface area contributed by atoms with Crippen molar-refractivity contribution < 1.29 is 4.79 Å². The number of benzene rings is 1. The molecule has 0 saturated carbocycles. The Labute approximate surface area is 79.5 Å². The second-order valence-electron chi connectivity index (χ2n) is 2.50. The van der Waals surface area contributed by atoms with E-state index in [1.165, 1.54) is 11.1 Å². The van der Waals surface area contributed by atoms with Gasteiger partial charge in [0.25, 0.3) is 0 Å². The van der Waals surface area contributed by atoms with Crippen LogP contribution in [0.3, 0.4) is 0 Å². The summed E-state index contributed by atoms with van der Waals surface area (Å²) in [6.07, 6.45) is 1.94. The fourth-order valence-corrected chi connectivity index (χ4v) is 1.11. The molecule has 1 heterocycles. The average molecular weight is 189 g/mol. The largest absolute Gasteiger partial charge is 0.327 e. The summed E-state index contributed by atoms with van der Waals surface area (Å²) in [5.41, 5.74) is 1.32. The summed E-state index contributed by atoms with van der Waals surface area (Å²) in [6.45, 7) is 0. The third-order valence-electron chi connectivity index (χ3n) is 1.68. The number of hydrogen-bond donors (Lipinski definition) is 1. The summed E-state index contributed by atoms with van der Waals surface area (Å²) in [5, 5.41) is 13.7. The number of carbonyl (C=O) groups excluding carboxylic acids is 1. The van der Waals surface area contributed by atoms with Gasteiger partial charge in [0.05, 0.1) is 5.69 Å². The van der Waals surface area contributed by atoms with Crippen molar-refractivity contribution in [2.24, 2.45) is 0 Å². The van der Waals surface area contributed by atoms with Crippen LogP contribution < -0.4 is 5.32 Å². The van der Waals surface area contributed by atoms with Gasteiger partial charge in [0.1, 0.15) is 5.69 Å². The van der Waals surface area contributed by atoms with Crippen molar-refractivity contribution in [3.8, 4) is 5.69 Å². The van der Waals surface area contributed by atoms with Crippen molar-refractivity contribution in [3.63, 3.8) is 0 Å². The van der Waals surface area contributed by atoms with Gasteiger partial charge in [-0.15, -0.1) is 15.0 Å². The molecule has 1 N–H and O–H groups in total. The van der Waals surface area contributed by atoms with E-state index in [1.54, 1.807) is 12.1 Å². The highest BCUT2D eigenvalue weighted by atomic mass is 16.1. The number of nitrogens with one attached hydrogen (secondary N) is 1. The molecule has 0 atom stereocenters. The minimum atomic E-state index is 0.607. The van der Waals surface area contributed by atoms with Crippen molar-refractivity contribution in [1.29, 1.82) is 0 Å². The zero-order valence-corrected chi connectivity index (χ0v) is 7.16. The van der Waals surface area contributed by atoms with E-state index >= 15 is 0 Å². The normalized spacial score (nSPS) is 9.71. The Hall–Kier alpha value is -2.24. The van der Waals surface area contributed by atoms with Gasteiger partial charge < -0.3 is 5.32 Å². The van der Waals surface area contributed by atoms with E-state index in [1.807, 2.05) is 12.1 Å². The molecular weight excluding hydrogens is 182 g/mol. The molecule has 0 aliphatic carbocycles. The zero-order chi connectivity index (χ0) is 9.80. The molecule has 6 heteroatoms.